The minimum atomic E-state index is -0.592. The number of likely N-dealkylation sites (tertiary alicyclic amines) is 2. The molecule has 35 heavy (non-hydrogen) atoms. The molecule has 6 rings (SSSR count). The second-order valence-corrected chi connectivity index (χ2v) is 9.49. The number of ether oxygens (including phenoxy) is 1. The van der Waals surface area contributed by atoms with E-state index in [1.54, 1.807) is 18.2 Å². The Labute approximate surface area is 201 Å². The van der Waals surface area contributed by atoms with E-state index in [1.165, 1.54) is 13.2 Å². The van der Waals surface area contributed by atoms with Gasteiger partial charge in [-0.05, 0) is 61.0 Å². The van der Waals surface area contributed by atoms with Gasteiger partial charge in [0.1, 0.15) is 0 Å². The van der Waals surface area contributed by atoms with Crippen molar-refractivity contribution in [3.05, 3.63) is 65.5 Å². The SMILES string of the molecule is COc1ccc(-c2cc(C(N)=O)c3[nH]c4cc(C(=O)N5C[C@@H]6C[C@H]5CN6C)ccc4c3c2)cc1F. The molecule has 3 N–H and O–H groups in total. The van der Waals surface area contributed by atoms with Gasteiger partial charge in [-0.3, -0.25) is 14.5 Å². The average molecular weight is 473 g/mol. The maximum atomic E-state index is 14.4. The van der Waals surface area contributed by atoms with Crippen LogP contribution in [0.4, 0.5) is 4.39 Å². The maximum Gasteiger partial charge on any atom is 0.254 e. The van der Waals surface area contributed by atoms with Crippen molar-refractivity contribution in [1.82, 2.24) is 14.8 Å². The van der Waals surface area contributed by atoms with E-state index in [-0.39, 0.29) is 17.7 Å². The van der Waals surface area contributed by atoms with E-state index in [9.17, 15) is 14.0 Å². The highest BCUT2D eigenvalue weighted by atomic mass is 19.1. The lowest BCUT2D eigenvalue weighted by Crippen LogP contribution is -2.47. The van der Waals surface area contributed by atoms with E-state index in [2.05, 4.69) is 16.9 Å². The van der Waals surface area contributed by atoms with Gasteiger partial charge in [0, 0.05) is 47.0 Å². The van der Waals surface area contributed by atoms with Crippen LogP contribution in [0.3, 0.4) is 0 Å². The Morgan fingerprint density at radius 2 is 1.86 bits per heavy atom. The van der Waals surface area contributed by atoms with Crippen LogP contribution in [0.5, 0.6) is 5.75 Å². The number of likely N-dealkylation sites (N-methyl/N-ethyl adjacent to an activating group) is 1. The number of piperazine rings is 1. The number of methoxy groups -OCH3 is 1. The lowest BCUT2D eigenvalue weighted by molar-refractivity contribution is 0.0650. The summed E-state index contributed by atoms with van der Waals surface area (Å²) in [5.41, 5.74) is 9.22. The molecule has 3 heterocycles. The van der Waals surface area contributed by atoms with Gasteiger partial charge in [0.2, 0.25) is 0 Å². The van der Waals surface area contributed by atoms with Gasteiger partial charge >= 0.3 is 0 Å². The zero-order chi connectivity index (χ0) is 24.4. The first-order chi connectivity index (χ1) is 16.8. The van der Waals surface area contributed by atoms with Crippen molar-refractivity contribution < 1.29 is 18.7 Å². The quantitative estimate of drug-likeness (QED) is 0.473. The highest BCUT2D eigenvalue weighted by Gasteiger charge is 2.43. The number of primary amides is 1. The van der Waals surface area contributed by atoms with E-state index in [1.807, 2.05) is 29.2 Å². The molecule has 2 bridgehead atoms. The smallest absolute Gasteiger partial charge is 0.254 e. The number of carbonyl (C=O) groups is 2. The van der Waals surface area contributed by atoms with Gasteiger partial charge in [-0.2, -0.15) is 0 Å². The van der Waals surface area contributed by atoms with Crippen LogP contribution in [-0.4, -0.2) is 65.9 Å². The molecule has 0 radical (unpaired) electrons. The summed E-state index contributed by atoms with van der Waals surface area (Å²) in [5, 5.41) is 1.64. The molecule has 0 unspecified atom stereocenters. The molecule has 2 atom stereocenters. The van der Waals surface area contributed by atoms with Crippen LogP contribution in [0.2, 0.25) is 0 Å². The number of nitrogens with one attached hydrogen (secondary N) is 1. The van der Waals surface area contributed by atoms with Gasteiger partial charge in [-0.25, -0.2) is 4.39 Å². The Morgan fingerprint density at radius 3 is 2.51 bits per heavy atom. The summed E-state index contributed by atoms with van der Waals surface area (Å²) in [7, 11) is 3.51. The summed E-state index contributed by atoms with van der Waals surface area (Å²) >= 11 is 0. The summed E-state index contributed by atoms with van der Waals surface area (Å²) in [4.78, 5) is 33.2. The monoisotopic (exact) mass is 472 g/mol. The molecule has 0 spiro atoms. The second-order valence-electron chi connectivity index (χ2n) is 9.49. The van der Waals surface area contributed by atoms with Crippen LogP contribution in [0.1, 0.15) is 27.1 Å². The molecule has 2 fully saturated rings. The lowest BCUT2D eigenvalue weighted by atomic mass is 9.98. The Hall–Kier alpha value is -3.91. The number of hydrogen-bond donors (Lipinski definition) is 2. The lowest BCUT2D eigenvalue weighted by Gasteiger charge is -2.32. The highest BCUT2D eigenvalue weighted by molar-refractivity contribution is 6.17. The normalized spacial score (nSPS) is 19.7. The number of nitrogens with two attached hydrogens (primary N) is 1. The molecular weight excluding hydrogens is 447 g/mol. The first-order valence-electron chi connectivity index (χ1n) is 11.6. The number of hydrogen-bond acceptors (Lipinski definition) is 4. The zero-order valence-electron chi connectivity index (χ0n) is 19.5. The van der Waals surface area contributed by atoms with E-state index in [0.29, 0.717) is 33.8 Å². The molecule has 0 aliphatic carbocycles. The van der Waals surface area contributed by atoms with Gasteiger partial charge < -0.3 is 20.4 Å². The van der Waals surface area contributed by atoms with E-state index in [4.69, 9.17) is 10.5 Å². The minimum absolute atomic E-state index is 0.0238. The Kier molecular flexibility index (Phi) is 4.82. The Morgan fingerprint density at radius 1 is 1.03 bits per heavy atom. The number of benzene rings is 3. The minimum Gasteiger partial charge on any atom is -0.494 e. The van der Waals surface area contributed by atoms with Crippen LogP contribution in [-0.2, 0) is 0 Å². The number of aromatic amines is 1. The summed E-state index contributed by atoms with van der Waals surface area (Å²) in [6.07, 6.45) is 1.02. The van der Waals surface area contributed by atoms with Crippen LogP contribution >= 0.6 is 0 Å². The molecule has 2 aliphatic heterocycles. The van der Waals surface area contributed by atoms with E-state index in [0.717, 1.165) is 35.8 Å². The third-order valence-electron chi connectivity index (χ3n) is 7.48. The zero-order valence-corrected chi connectivity index (χ0v) is 19.5. The molecule has 0 saturated carbocycles. The average Bonchev–Trinajstić information content (AvgIpc) is 3.54. The van der Waals surface area contributed by atoms with Crippen molar-refractivity contribution in [2.45, 2.75) is 18.5 Å². The molecule has 8 heteroatoms. The van der Waals surface area contributed by atoms with Gasteiger partial charge in [0.25, 0.3) is 11.8 Å². The van der Waals surface area contributed by atoms with Gasteiger partial charge in [0.05, 0.1) is 18.2 Å². The van der Waals surface area contributed by atoms with Crippen LogP contribution in [0.15, 0.2) is 48.5 Å². The Balaban J connectivity index is 1.44. The Bertz CT molecular complexity index is 1530. The highest BCUT2D eigenvalue weighted by Crippen LogP contribution is 2.35. The van der Waals surface area contributed by atoms with Crippen molar-refractivity contribution in [3.8, 4) is 16.9 Å². The van der Waals surface area contributed by atoms with Crippen LogP contribution < -0.4 is 10.5 Å². The number of aromatic nitrogens is 1. The fourth-order valence-corrected chi connectivity index (χ4v) is 5.63. The molecule has 4 aromatic rings. The van der Waals surface area contributed by atoms with Crippen LogP contribution in [0.25, 0.3) is 32.9 Å². The molecule has 7 nitrogen and oxygen atoms in total. The summed E-state index contributed by atoms with van der Waals surface area (Å²) in [6, 6.07) is 14.5. The number of amides is 2. The first-order valence-corrected chi connectivity index (χ1v) is 11.6. The third-order valence-corrected chi connectivity index (χ3v) is 7.48. The summed E-state index contributed by atoms with van der Waals surface area (Å²) in [5.74, 6) is -0.914. The third kappa shape index (κ3) is 3.36. The number of fused-ring (bicyclic) bond motifs is 5. The van der Waals surface area contributed by atoms with Crippen molar-refractivity contribution >= 4 is 33.6 Å². The molecule has 1 aromatic heterocycles. The van der Waals surface area contributed by atoms with Gasteiger partial charge in [-0.1, -0.05) is 12.1 Å². The molecule has 2 aliphatic rings. The van der Waals surface area contributed by atoms with Gasteiger partial charge in [-0.15, -0.1) is 0 Å². The van der Waals surface area contributed by atoms with Crippen LogP contribution in [0, 0.1) is 5.82 Å². The molecule has 2 saturated heterocycles. The van der Waals surface area contributed by atoms with Crippen molar-refractivity contribution in [2.24, 2.45) is 5.73 Å². The molecule has 178 valence electrons. The summed E-state index contributed by atoms with van der Waals surface area (Å²) < 4.78 is 19.4. The first kappa shape index (κ1) is 21.6. The fraction of sp³-hybridized carbons (Fsp3) is 0.259. The fourth-order valence-electron chi connectivity index (χ4n) is 5.63. The number of H-pyrrole nitrogens is 1. The number of nitrogens with zero attached hydrogens (tertiary/aromatic N) is 2. The predicted octanol–water partition coefficient (Wildman–Crippen LogP) is 3.76. The molecular formula is C27H25FN4O3. The molecule has 2 amide bonds. The van der Waals surface area contributed by atoms with E-state index < -0.39 is 11.7 Å². The van der Waals surface area contributed by atoms with E-state index >= 15 is 0 Å². The summed E-state index contributed by atoms with van der Waals surface area (Å²) in [6.45, 7) is 1.65. The molecule has 3 aromatic carbocycles. The number of halogens is 1. The largest absolute Gasteiger partial charge is 0.494 e. The van der Waals surface area contributed by atoms with Crippen molar-refractivity contribution in [2.75, 3.05) is 27.2 Å². The topological polar surface area (TPSA) is 91.7 Å². The number of carbonyl (C=O) groups excluding carboxylic acids is 2. The van der Waals surface area contributed by atoms with Crippen molar-refractivity contribution in [1.29, 1.82) is 0 Å². The maximum absolute atomic E-state index is 14.4. The second kappa shape index (κ2) is 7.81. The van der Waals surface area contributed by atoms with Crippen molar-refractivity contribution in [3.63, 3.8) is 0 Å². The standard InChI is InChI=1S/C27H25FN4O3/c1-31-12-18-11-17(31)13-32(18)27(34)15-3-5-19-20-7-16(14-4-6-24(35-2)22(28)9-14)8-21(26(29)33)25(20)30-23(19)10-15/h3-10,17-18,30H,11-13H2,1-2H3,(H2,29,33)/t17-,18-/m0/s1. The van der Waals surface area contributed by atoms with Gasteiger partial charge in [0.15, 0.2) is 11.6 Å². The number of rotatable bonds is 4. The predicted molar refractivity (Wildman–Crippen MR) is 132 cm³/mol.